The van der Waals surface area contributed by atoms with Gasteiger partial charge in [0.1, 0.15) is 5.52 Å². The van der Waals surface area contributed by atoms with E-state index in [0.717, 1.165) is 11.1 Å². The normalized spacial score (nSPS) is 11.5. The van der Waals surface area contributed by atoms with E-state index in [4.69, 9.17) is 32.8 Å². The largest absolute Gasteiger partial charge is 0.435 e. The Hall–Kier alpha value is -2.04. The second-order valence-electron chi connectivity index (χ2n) is 4.12. The fourth-order valence-electron chi connectivity index (χ4n) is 1.90. The fourth-order valence-corrected chi connectivity index (χ4v) is 2.42. The number of benzene rings is 2. The highest BCUT2D eigenvalue weighted by Gasteiger charge is 2.12. The van der Waals surface area contributed by atoms with Crippen LogP contribution in [0.4, 0.5) is 0 Å². The molecule has 1 N–H and O–H groups in total. The summed E-state index contributed by atoms with van der Waals surface area (Å²) in [6.45, 7) is 0. The fraction of sp³-hybridized carbons (Fsp3) is 0. The molecule has 0 saturated carbocycles. The first kappa shape index (κ1) is 13.0. The van der Waals surface area contributed by atoms with Crippen LogP contribution in [-0.4, -0.2) is 16.4 Å². The van der Waals surface area contributed by atoms with Gasteiger partial charge in [-0.25, -0.2) is 4.98 Å². The molecule has 6 heteroatoms. The van der Waals surface area contributed by atoms with E-state index in [1.807, 2.05) is 12.1 Å². The van der Waals surface area contributed by atoms with Crippen molar-refractivity contribution in [3.63, 3.8) is 0 Å². The van der Waals surface area contributed by atoms with E-state index in [0.29, 0.717) is 27.0 Å². The molecule has 0 unspecified atom stereocenters. The number of hydrogen-bond donors (Lipinski definition) is 1. The molecule has 0 fully saturated rings. The lowest BCUT2D eigenvalue weighted by Crippen LogP contribution is -1.83. The molecule has 0 atom stereocenters. The Kier molecular flexibility index (Phi) is 3.34. The Morgan fingerprint density at radius 1 is 1.20 bits per heavy atom. The highest BCUT2D eigenvalue weighted by atomic mass is 35.5. The summed E-state index contributed by atoms with van der Waals surface area (Å²) in [4.78, 5) is 4.36. The van der Waals surface area contributed by atoms with Crippen LogP contribution in [0.5, 0.6) is 0 Å². The Bertz CT molecular complexity index is 812. The number of aromatic nitrogens is 1. The molecule has 0 aliphatic heterocycles. The van der Waals surface area contributed by atoms with Gasteiger partial charge in [-0.1, -0.05) is 40.5 Å². The maximum atomic E-state index is 8.56. The van der Waals surface area contributed by atoms with Gasteiger partial charge >= 0.3 is 0 Å². The average Bonchev–Trinajstić information content (AvgIpc) is 2.83. The third kappa shape index (κ3) is 2.35. The van der Waals surface area contributed by atoms with Gasteiger partial charge in [-0.05, 0) is 29.8 Å². The zero-order valence-corrected chi connectivity index (χ0v) is 11.6. The van der Waals surface area contributed by atoms with Crippen molar-refractivity contribution in [3.05, 3.63) is 52.0 Å². The van der Waals surface area contributed by atoms with E-state index in [-0.39, 0.29) is 0 Å². The molecule has 0 amide bonds. The zero-order valence-electron chi connectivity index (χ0n) is 10.0. The van der Waals surface area contributed by atoms with Crippen molar-refractivity contribution in [2.45, 2.75) is 0 Å². The average molecular weight is 307 g/mol. The van der Waals surface area contributed by atoms with Gasteiger partial charge in [0.2, 0.25) is 5.89 Å². The third-order valence-corrected chi connectivity index (χ3v) is 3.25. The lowest BCUT2D eigenvalue weighted by Gasteiger charge is -1.96. The zero-order chi connectivity index (χ0) is 14.1. The number of oxime groups is 1. The summed E-state index contributed by atoms with van der Waals surface area (Å²) in [5.41, 5.74) is 2.58. The van der Waals surface area contributed by atoms with Crippen molar-refractivity contribution in [3.8, 4) is 11.5 Å². The first-order valence-corrected chi connectivity index (χ1v) is 6.46. The van der Waals surface area contributed by atoms with Crippen LogP contribution in [0.2, 0.25) is 10.0 Å². The maximum Gasteiger partial charge on any atom is 0.227 e. The summed E-state index contributed by atoms with van der Waals surface area (Å²) >= 11 is 12.0. The lowest BCUT2D eigenvalue weighted by molar-refractivity contribution is 0.322. The maximum absolute atomic E-state index is 8.56. The van der Waals surface area contributed by atoms with Gasteiger partial charge in [0.05, 0.1) is 11.2 Å². The van der Waals surface area contributed by atoms with Gasteiger partial charge in [-0.15, -0.1) is 0 Å². The van der Waals surface area contributed by atoms with Crippen molar-refractivity contribution in [2.75, 3.05) is 0 Å². The first-order valence-electron chi connectivity index (χ1n) is 5.71. The molecule has 0 saturated heterocycles. The van der Waals surface area contributed by atoms with E-state index in [9.17, 15) is 0 Å². The van der Waals surface area contributed by atoms with Crippen LogP contribution in [0.3, 0.4) is 0 Å². The lowest BCUT2D eigenvalue weighted by atomic mass is 10.1. The minimum Gasteiger partial charge on any atom is -0.435 e. The minimum absolute atomic E-state index is 0.416. The predicted molar refractivity (Wildman–Crippen MR) is 78.8 cm³/mol. The van der Waals surface area contributed by atoms with Crippen LogP contribution >= 0.6 is 23.2 Å². The summed E-state index contributed by atoms with van der Waals surface area (Å²) < 4.78 is 5.66. The van der Waals surface area contributed by atoms with E-state index < -0.39 is 0 Å². The summed E-state index contributed by atoms with van der Waals surface area (Å²) in [7, 11) is 0. The molecular weight excluding hydrogens is 299 g/mol. The third-order valence-electron chi connectivity index (χ3n) is 2.75. The van der Waals surface area contributed by atoms with E-state index in [2.05, 4.69) is 10.1 Å². The molecule has 3 aromatic rings. The Labute approximate surface area is 124 Å². The molecule has 0 aliphatic rings. The summed E-state index contributed by atoms with van der Waals surface area (Å²) in [6.07, 6.45) is 1.33. The SMILES string of the molecule is O/N=C/c1cccc(-c2nc3cc(Cl)cc(Cl)c3o2)c1. The second kappa shape index (κ2) is 5.15. The predicted octanol–water partition coefficient (Wildman–Crippen LogP) is 4.61. The Morgan fingerprint density at radius 2 is 2.05 bits per heavy atom. The summed E-state index contributed by atoms with van der Waals surface area (Å²) in [5, 5.41) is 12.5. The number of oxazole rings is 1. The van der Waals surface area contributed by atoms with Gasteiger partial charge in [0, 0.05) is 10.6 Å². The van der Waals surface area contributed by atoms with Gasteiger partial charge < -0.3 is 9.62 Å². The van der Waals surface area contributed by atoms with Gasteiger partial charge in [0.25, 0.3) is 0 Å². The summed E-state index contributed by atoms with van der Waals surface area (Å²) in [6, 6.07) is 10.5. The van der Waals surface area contributed by atoms with E-state index in [1.165, 1.54) is 6.21 Å². The van der Waals surface area contributed by atoms with Crippen LogP contribution < -0.4 is 0 Å². The van der Waals surface area contributed by atoms with Gasteiger partial charge in [-0.2, -0.15) is 0 Å². The number of fused-ring (bicyclic) bond motifs is 1. The molecular formula is C14H8Cl2N2O2. The standard InChI is InChI=1S/C14H8Cl2N2O2/c15-10-5-11(16)13-12(6-10)18-14(20-13)9-3-1-2-8(4-9)7-17-19/h1-7,19H/b17-7+. The molecule has 3 rings (SSSR count). The van der Waals surface area contributed by atoms with Gasteiger partial charge in [-0.3, -0.25) is 0 Å². The molecule has 1 heterocycles. The number of hydrogen-bond acceptors (Lipinski definition) is 4. The molecule has 1 aromatic heterocycles. The monoisotopic (exact) mass is 306 g/mol. The molecule has 100 valence electrons. The van der Waals surface area contributed by atoms with Crippen molar-refractivity contribution >= 4 is 40.5 Å². The molecule has 0 spiro atoms. The quantitative estimate of drug-likeness (QED) is 0.427. The van der Waals surface area contributed by atoms with Crippen LogP contribution in [-0.2, 0) is 0 Å². The molecule has 0 bridgehead atoms. The van der Waals surface area contributed by atoms with Crippen LogP contribution in [0.15, 0.2) is 46.0 Å². The minimum atomic E-state index is 0.416. The second-order valence-corrected chi connectivity index (χ2v) is 4.97. The highest BCUT2D eigenvalue weighted by molar-refractivity contribution is 6.38. The molecule has 20 heavy (non-hydrogen) atoms. The Balaban J connectivity index is 2.15. The van der Waals surface area contributed by atoms with E-state index in [1.54, 1.807) is 24.3 Å². The van der Waals surface area contributed by atoms with Crippen molar-refractivity contribution in [2.24, 2.45) is 5.16 Å². The number of rotatable bonds is 2. The molecule has 0 radical (unpaired) electrons. The van der Waals surface area contributed by atoms with Crippen molar-refractivity contribution in [1.82, 2.24) is 4.98 Å². The van der Waals surface area contributed by atoms with E-state index >= 15 is 0 Å². The van der Waals surface area contributed by atoms with Crippen molar-refractivity contribution < 1.29 is 9.62 Å². The topological polar surface area (TPSA) is 58.6 Å². The van der Waals surface area contributed by atoms with Crippen LogP contribution in [0.25, 0.3) is 22.6 Å². The van der Waals surface area contributed by atoms with Crippen LogP contribution in [0, 0.1) is 0 Å². The summed E-state index contributed by atoms with van der Waals surface area (Å²) in [5.74, 6) is 0.428. The van der Waals surface area contributed by atoms with Crippen molar-refractivity contribution in [1.29, 1.82) is 0 Å². The Morgan fingerprint density at radius 3 is 2.85 bits per heavy atom. The molecule has 4 nitrogen and oxygen atoms in total. The molecule has 0 aliphatic carbocycles. The molecule has 2 aromatic carbocycles. The van der Waals surface area contributed by atoms with Crippen LogP contribution in [0.1, 0.15) is 5.56 Å². The highest BCUT2D eigenvalue weighted by Crippen LogP contribution is 2.31. The van der Waals surface area contributed by atoms with Gasteiger partial charge in [0.15, 0.2) is 5.58 Å². The number of halogens is 2. The smallest absolute Gasteiger partial charge is 0.227 e. The first-order chi connectivity index (χ1) is 9.67. The number of nitrogens with zero attached hydrogens (tertiary/aromatic N) is 2.